The lowest BCUT2D eigenvalue weighted by Crippen LogP contribution is -2.20. The zero-order valence-corrected chi connectivity index (χ0v) is 17.8. The van der Waals surface area contributed by atoms with Crippen LogP contribution in [0.2, 0.25) is 5.02 Å². The van der Waals surface area contributed by atoms with E-state index in [1.807, 2.05) is 0 Å². The summed E-state index contributed by atoms with van der Waals surface area (Å²) in [4.78, 5) is 13.0. The van der Waals surface area contributed by atoms with Crippen LogP contribution in [0, 0.1) is 5.82 Å². The highest BCUT2D eigenvalue weighted by Gasteiger charge is 2.19. The minimum atomic E-state index is -0.684. The molecule has 1 fully saturated rings. The van der Waals surface area contributed by atoms with Gasteiger partial charge in [-0.3, -0.25) is 4.68 Å². The van der Waals surface area contributed by atoms with Crippen LogP contribution in [-0.2, 0) is 7.05 Å². The van der Waals surface area contributed by atoms with Crippen molar-refractivity contribution in [3.63, 3.8) is 0 Å². The Hall–Kier alpha value is -3.50. The van der Waals surface area contributed by atoms with Crippen molar-refractivity contribution in [2.24, 2.45) is 7.05 Å². The Morgan fingerprint density at radius 3 is 2.88 bits per heavy atom. The summed E-state index contributed by atoms with van der Waals surface area (Å²) in [5, 5.41) is 10.1. The molecule has 11 heteroatoms. The molecule has 0 saturated carbocycles. The number of aromatic nitrogens is 5. The topological polar surface area (TPSA) is 99.0 Å². The molecule has 32 heavy (non-hydrogen) atoms. The van der Waals surface area contributed by atoms with Gasteiger partial charge in [0, 0.05) is 31.9 Å². The molecule has 3 aromatic heterocycles. The third kappa shape index (κ3) is 4.14. The quantitative estimate of drug-likeness (QED) is 0.452. The second-order valence-corrected chi connectivity index (χ2v) is 7.64. The summed E-state index contributed by atoms with van der Waals surface area (Å²) in [6, 6.07) is 8.28. The summed E-state index contributed by atoms with van der Waals surface area (Å²) in [5.41, 5.74) is 1.18. The van der Waals surface area contributed by atoms with Crippen molar-refractivity contribution in [2.75, 3.05) is 18.4 Å². The van der Waals surface area contributed by atoms with E-state index in [0.717, 1.165) is 19.5 Å². The third-order valence-electron chi connectivity index (χ3n) is 4.96. The standard InChI is InChI=1S/C21H19ClFN7O2/c1-30-9-7-17(29-30)32-15-4-2-13(19(23)18(15)22)27-21-20-14(25-11-26-21)3-5-16(28-20)31-12-6-8-24-10-12/h2-5,7,9,11-12,24H,6,8,10H2,1H3,(H,25,26,27)/t12-/m0/s1. The van der Waals surface area contributed by atoms with Crippen molar-refractivity contribution in [1.29, 1.82) is 0 Å². The molecule has 9 nitrogen and oxygen atoms in total. The summed E-state index contributed by atoms with van der Waals surface area (Å²) in [6.07, 6.45) is 4.06. The Morgan fingerprint density at radius 2 is 2.09 bits per heavy atom. The predicted molar refractivity (Wildman–Crippen MR) is 117 cm³/mol. The summed E-state index contributed by atoms with van der Waals surface area (Å²) in [5.74, 6) is 0.571. The number of nitrogens with zero attached hydrogens (tertiary/aromatic N) is 5. The smallest absolute Gasteiger partial charge is 0.238 e. The number of aryl methyl sites for hydroxylation is 1. The van der Waals surface area contributed by atoms with Crippen molar-refractivity contribution < 1.29 is 13.9 Å². The van der Waals surface area contributed by atoms with E-state index >= 15 is 4.39 Å². The average Bonchev–Trinajstić information content (AvgIpc) is 3.45. The molecule has 0 amide bonds. The molecule has 2 N–H and O–H groups in total. The van der Waals surface area contributed by atoms with Crippen LogP contribution in [0.3, 0.4) is 0 Å². The van der Waals surface area contributed by atoms with Crippen LogP contribution in [0.15, 0.2) is 42.9 Å². The molecule has 4 aromatic rings. The number of hydrogen-bond acceptors (Lipinski definition) is 8. The van der Waals surface area contributed by atoms with Gasteiger partial charge >= 0.3 is 0 Å². The van der Waals surface area contributed by atoms with Crippen molar-refractivity contribution in [2.45, 2.75) is 12.5 Å². The first-order chi connectivity index (χ1) is 15.6. The van der Waals surface area contributed by atoms with Crippen molar-refractivity contribution >= 4 is 34.1 Å². The number of anilines is 2. The fourth-order valence-corrected chi connectivity index (χ4v) is 3.58. The minimum absolute atomic E-state index is 0.0592. The van der Waals surface area contributed by atoms with Gasteiger partial charge in [-0.15, -0.1) is 5.10 Å². The molecule has 4 heterocycles. The Balaban J connectivity index is 1.42. The maximum Gasteiger partial charge on any atom is 0.238 e. The lowest BCUT2D eigenvalue weighted by molar-refractivity contribution is 0.215. The van der Waals surface area contributed by atoms with E-state index < -0.39 is 5.82 Å². The molecule has 1 atom stereocenters. The van der Waals surface area contributed by atoms with Crippen LogP contribution >= 0.6 is 11.6 Å². The second-order valence-electron chi connectivity index (χ2n) is 7.27. The summed E-state index contributed by atoms with van der Waals surface area (Å²) in [7, 11) is 1.75. The number of fused-ring (bicyclic) bond motifs is 1. The first-order valence-electron chi connectivity index (χ1n) is 9.98. The van der Waals surface area contributed by atoms with Gasteiger partial charge in [0.2, 0.25) is 11.8 Å². The maximum atomic E-state index is 15.0. The van der Waals surface area contributed by atoms with Gasteiger partial charge in [-0.25, -0.2) is 19.3 Å². The summed E-state index contributed by atoms with van der Waals surface area (Å²) < 4.78 is 28.1. The van der Waals surface area contributed by atoms with Crippen molar-refractivity contribution in [1.82, 2.24) is 30.0 Å². The molecule has 0 spiro atoms. The molecular weight excluding hydrogens is 437 g/mol. The fraction of sp³-hybridized carbons (Fsp3) is 0.238. The summed E-state index contributed by atoms with van der Waals surface area (Å²) >= 11 is 6.21. The van der Waals surface area contributed by atoms with Gasteiger partial charge in [0.05, 0.1) is 11.2 Å². The predicted octanol–water partition coefficient (Wildman–Crippen LogP) is 3.83. The second kappa shape index (κ2) is 8.56. The first kappa shape index (κ1) is 20.4. The van der Waals surface area contributed by atoms with Gasteiger partial charge in [0.15, 0.2) is 17.4 Å². The minimum Gasteiger partial charge on any atom is -0.473 e. The Bertz CT molecular complexity index is 1280. The molecular formula is C21H19ClFN7O2. The van der Waals surface area contributed by atoms with Crippen molar-refractivity contribution in [3.05, 3.63) is 53.7 Å². The molecule has 0 unspecified atom stereocenters. The molecule has 1 aliphatic heterocycles. The molecule has 0 aliphatic carbocycles. The van der Waals surface area contributed by atoms with E-state index in [9.17, 15) is 0 Å². The Kier molecular flexibility index (Phi) is 5.46. The molecule has 164 valence electrons. The number of nitrogens with one attached hydrogen (secondary N) is 2. The van der Waals surface area contributed by atoms with Crippen molar-refractivity contribution in [3.8, 4) is 17.5 Å². The average molecular weight is 456 g/mol. The number of rotatable bonds is 6. The Labute approximate surface area is 187 Å². The van der Waals surface area contributed by atoms with Gasteiger partial charge in [0.1, 0.15) is 23.0 Å². The number of pyridine rings is 1. The van der Waals surface area contributed by atoms with Crippen LogP contribution in [0.1, 0.15) is 6.42 Å². The highest BCUT2D eigenvalue weighted by molar-refractivity contribution is 6.32. The normalized spacial score (nSPS) is 15.8. The van der Waals surface area contributed by atoms with Gasteiger partial charge in [0.25, 0.3) is 0 Å². The number of hydrogen-bond donors (Lipinski definition) is 2. The fourth-order valence-electron chi connectivity index (χ4n) is 3.37. The number of benzene rings is 1. The molecule has 1 aliphatic rings. The maximum absolute atomic E-state index is 15.0. The zero-order valence-electron chi connectivity index (χ0n) is 17.0. The van der Waals surface area contributed by atoms with Gasteiger partial charge in [-0.1, -0.05) is 11.6 Å². The summed E-state index contributed by atoms with van der Waals surface area (Å²) in [6.45, 7) is 1.68. The lowest BCUT2D eigenvalue weighted by atomic mass is 10.2. The third-order valence-corrected chi connectivity index (χ3v) is 5.31. The largest absolute Gasteiger partial charge is 0.473 e. The van der Waals surface area contributed by atoms with Gasteiger partial charge in [-0.2, -0.15) is 0 Å². The highest BCUT2D eigenvalue weighted by atomic mass is 35.5. The lowest BCUT2D eigenvalue weighted by Gasteiger charge is -2.14. The van der Waals surface area contributed by atoms with Crippen LogP contribution in [0.25, 0.3) is 11.0 Å². The highest BCUT2D eigenvalue weighted by Crippen LogP contribution is 2.36. The van der Waals surface area contributed by atoms with Crippen LogP contribution in [0.5, 0.6) is 17.5 Å². The van der Waals surface area contributed by atoms with Crippen LogP contribution < -0.4 is 20.1 Å². The number of halogens is 2. The van der Waals surface area contributed by atoms with E-state index in [4.69, 9.17) is 21.1 Å². The zero-order chi connectivity index (χ0) is 22.1. The van der Waals surface area contributed by atoms with Gasteiger partial charge < -0.3 is 20.1 Å². The molecule has 1 saturated heterocycles. The van der Waals surface area contributed by atoms with Crippen LogP contribution in [-0.4, -0.2) is 43.9 Å². The van der Waals surface area contributed by atoms with E-state index in [-0.39, 0.29) is 22.6 Å². The van der Waals surface area contributed by atoms with E-state index in [0.29, 0.717) is 28.6 Å². The monoisotopic (exact) mass is 455 g/mol. The Morgan fingerprint density at radius 1 is 1.19 bits per heavy atom. The van der Waals surface area contributed by atoms with Crippen LogP contribution in [0.4, 0.5) is 15.9 Å². The molecule has 0 bridgehead atoms. The van der Waals surface area contributed by atoms with E-state index in [1.54, 1.807) is 42.2 Å². The first-order valence-corrected chi connectivity index (χ1v) is 10.4. The number of ether oxygens (including phenoxy) is 2. The SMILES string of the molecule is Cn1ccc(Oc2ccc(Nc3ncnc4ccc(O[C@H]5CCNC5)nc34)c(F)c2Cl)n1. The van der Waals surface area contributed by atoms with E-state index in [2.05, 4.69) is 30.7 Å². The molecule has 0 radical (unpaired) electrons. The molecule has 5 rings (SSSR count). The van der Waals surface area contributed by atoms with Gasteiger partial charge in [-0.05, 0) is 31.2 Å². The van der Waals surface area contributed by atoms with E-state index in [1.165, 1.54) is 12.4 Å². The molecule has 1 aromatic carbocycles.